The molecular formula is C22H35BN3O. The summed E-state index contributed by atoms with van der Waals surface area (Å²) in [5, 5.41) is 12.8. The van der Waals surface area contributed by atoms with Crippen molar-refractivity contribution >= 4 is 13.3 Å². The molecule has 0 rings (SSSR count). The van der Waals surface area contributed by atoms with Crippen LogP contribution in [0, 0.1) is 0 Å². The topological polar surface area (TPSA) is 47.9 Å². The second kappa shape index (κ2) is 15.8. The molecule has 0 fully saturated rings. The third-order valence-corrected chi connectivity index (χ3v) is 3.88. The minimum absolute atomic E-state index is 0.0572. The number of nitrogens with one attached hydrogen (secondary N) is 1. The van der Waals surface area contributed by atoms with E-state index in [0.717, 1.165) is 25.0 Å². The lowest BCUT2D eigenvalue weighted by molar-refractivity contribution is 0.434. The molecule has 0 aliphatic carbocycles. The fraction of sp³-hybridized carbons (Fsp3) is 0.409. The number of amidine groups is 1. The number of likely N-dealkylation sites (N-methyl/N-ethyl adjacent to an activating group) is 1. The van der Waals surface area contributed by atoms with Gasteiger partial charge in [0.2, 0.25) is 7.41 Å². The fourth-order valence-corrected chi connectivity index (χ4v) is 2.65. The molecule has 0 unspecified atom stereocenters. The summed E-state index contributed by atoms with van der Waals surface area (Å²) in [6.45, 7) is 19.9. The molecule has 0 atom stereocenters. The smallest absolute Gasteiger partial charge is 0.246 e. The van der Waals surface area contributed by atoms with Gasteiger partial charge in [-0.15, -0.1) is 0 Å². The molecule has 0 aliphatic heterocycles. The lowest BCUT2D eigenvalue weighted by atomic mass is 9.81. The first kappa shape index (κ1) is 24.6. The molecule has 0 aromatic carbocycles. The van der Waals surface area contributed by atoms with Gasteiger partial charge < -0.3 is 15.2 Å². The van der Waals surface area contributed by atoms with E-state index < -0.39 is 0 Å². The third-order valence-electron chi connectivity index (χ3n) is 3.88. The van der Waals surface area contributed by atoms with Crippen LogP contribution in [0.4, 0.5) is 0 Å². The molecule has 5 heteroatoms. The molecule has 0 heterocycles. The molecular weight excluding hydrogens is 333 g/mol. The molecule has 2 N–H and O–H groups in total. The number of hydrogen-bond acceptors (Lipinski definition) is 3. The van der Waals surface area contributed by atoms with Crippen molar-refractivity contribution in [3.8, 4) is 0 Å². The molecule has 0 saturated carbocycles. The monoisotopic (exact) mass is 368 g/mol. The summed E-state index contributed by atoms with van der Waals surface area (Å²) in [5.41, 5.74) is 1.55. The zero-order valence-electron chi connectivity index (χ0n) is 17.1. The summed E-state index contributed by atoms with van der Waals surface area (Å²) in [5.74, 6) is 0.469. The van der Waals surface area contributed by atoms with Gasteiger partial charge in [0, 0.05) is 24.0 Å². The Kier molecular flexibility index (Phi) is 14.4. The highest BCUT2D eigenvalue weighted by molar-refractivity contribution is 6.33. The van der Waals surface area contributed by atoms with E-state index in [-0.39, 0.29) is 5.76 Å². The van der Waals surface area contributed by atoms with Gasteiger partial charge in [-0.05, 0) is 25.3 Å². The van der Waals surface area contributed by atoms with Gasteiger partial charge in [-0.1, -0.05) is 77.7 Å². The molecule has 0 spiro atoms. The molecule has 0 amide bonds. The number of nitrogens with zero attached hydrogens (tertiary/aromatic N) is 2. The molecule has 147 valence electrons. The number of hydrogen-bond donors (Lipinski definition) is 2. The van der Waals surface area contributed by atoms with Crippen molar-refractivity contribution < 1.29 is 5.11 Å². The Balaban J connectivity index is 5.54. The fourth-order valence-electron chi connectivity index (χ4n) is 2.65. The number of aliphatic hydroxyl groups excluding tert-OH is 1. The van der Waals surface area contributed by atoms with Crippen molar-refractivity contribution in [1.29, 1.82) is 0 Å². The van der Waals surface area contributed by atoms with Crippen molar-refractivity contribution in [1.82, 2.24) is 10.1 Å². The maximum atomic E-state index is 9.79. The second-order valence-electron chi connectivity index (χ2n) is 6.02. The molecule has 27 heavy (non-hydrogen) atoms. The van der Waals surface area contributed by atoms with Crippen LogP contribution in [0.5, 0.6) is 0 Å². The van der Waals surface area contributed by atoms with Crippen LogP contribution in [0.2, 0.25) is 6.32 Å². The van der Waals surface area contributed by atoms with E-state index in [1.54, 1.807) is 12.2 Å². The van der Waals surface area contributed by atoms with Gasteiger partial charge in [0.1, 0.15) is 11.6 Å². The molecule has 0 aromatic heterocycles. The first-order valence-corrected chi connectivity index (χ1v) is 9.64. The number of unbranched alkanes of at least 4 members (excludes halogenated alkanes) is 4. The summed E-state index contributed by atoms with van der Waals surface area (Å²) >= 11 is 0. The van der Waals surface area contributed by atoms with Crippen LogP contribution in [0.25, 0.3) is 0 Å². The Hall–Kier alpha value is -2.43. The lowest BCUT2D eigenvalue weighted by Gasteiger charge is -2.28. The van der Waals surface area contributed by atoms with E-state index >= 15 is 0 Å². The predicted molar refractivity (Wildman–Crippen MR) is 121 cm³/mol. The van der Waals surface area contributed by atoms with Gasteiger partial charge in [-0.3, -0.25) is 0 Å². The number of aliphatic hydroxyl groups is 1. The minimum Gasteiger partial charge on any atom is -0.509 e. The normalized spacial score (nSPS) is 12.3. The van der Waals surface area contributed by atoms with E-state index in [0.29, 0.717) is 11.4 Å². The average Bonchev–Trinajstić information content (AvgIpc) is 2.64. The van der Waals surface area contributed by atoms with Crippen molar-refractivity contribution in [2.45, 2.75) is 52.3 Å². The maximum Gasteiger partial charge on any atom is 0.246 e. The predicted octanol–water partition coefficient (Wildman–Crippen LogP) is 5.66. The minimum atomic E-state index is -0.0572. The molecule has 1 radical (unpaired) electrons. The number of allylic oxidation sites excluding steroid dienone is 3. The van der Waals surface area contributed by atoms with Gasteiger partial charge in [0.15, 0.2) is 0 Å². The van der Waals surface area contributed by atoms with Gasteiger partial charge in [-0.2, -0.15) is 0 Å². The van der Waals surface area contributed by atoms with Crippen LogP contribution in [0.15, 0.2) is 79.0 Å². The number of rotatable bonds is 15. The van der Waals surface area contributed by atoms with Crippen LogP contribution < -0.4 is 5.32 Å². The first-order valence-electron chi connectivity index (χ1n) is 9.64. The molecule has 0 aromatic rings. The van der Waals surface area contributed by atoms with Crippen LogP contribution in [0.3, 0.4) is 0 Å². The van der Waals surface area contributed by atoms with Crippen molar-refractivity contribution in [3.05, 3.63) is 74.0 Å². The van der Waals surface area contributed by atoms with Crippen LogP contribution in [-0.2, 0) is 0 Å². The molecule has 0 aliphatic rings. The highest BCUT2D eigenvalue weighted by Gasteiger charge is 2.17. The molecule has 0 saturated heterocycles. The lowest BCUT2D eigenvalue weighted by Crippen LogP contribution is -2.32. The average molecular weight is 368 g/mol. The summed E-state index contributed by atoms with van der Waals surface area (Å²) < 4.78 is 0. The Morgan fingerprint density at radius 1 is 1.15 bits per heavy atom. The standard InChI is InChI=1S/C22H35BN3O/c1-7-12-13-14-15-17-23-26(11-5)21(16-8-2)20(18-19(6)27)22(24-9-3)25-10-4/h8-10,16,18,27H,2-4,6-7,11-15,17H2,1,5H3,(H,24,25)/b20-18+,21-16+. The number of aliphatic imine (C=N–C) groups is 1. The van der Waals surface area contributed by atoms with Crippen LogP contribution in [-0.4, -0.2) is 29.7 Å². The summed E-state index contributed by atoms with van der Waals surface area (Å²) in [6, 6.07) is 0. The van der Waals surface area contributed by atoms with Crippen molar-refractivity contribution in [2.75, 3.05) is 6.54 Å². The SMILES string of the molecule is C=C/C=C(\C(=C/C(=C)O)C(=NC=C)NC=C)N([B]CCCCCCC)CC. The highest BCUT2D eigenvalue weighted by Crippen LogP contribution is 2.19. The van der Waals surface area contributed by atoms with Gasteiger partial charge in [0.25, 0.3) is 0 Å². The molecule has 4 nitrogen and oxygen atoms in total. The van der Waals surface area contributed by atoms with E-state index in [9.17, 15) is 5.11 Å². The van der Waals surface area contributed by atoms with E-state index in [1.165, 1.54) is 38.1 Å². The summed E-state index contributed by atoms with van der Waals surface area (Å²) in [4.78, 5) is 6.42. The molecule has 0 bridgehead atoms. The van der Waals surface area contributed by atoms with Gasteiger partial charge >= 0.3 is 0 Å². The summed E-state index contributed by atoms with van der Waals surface area (Å²) in [6.07, 6.45) is 15.4. The quantitative estimate of drug-likeness (QED) is 0.0979. The second-order valence-corrected chi connectivity index (χ2v) is 6.02. The van der Waals surface area contributed by atoms with Crippen molar-refractivity contribution in [2.24, 2.45) is 4.99 Å². The van der Waals surface area contributed by atoms with E-state index in [2.05, 4.69) is 62.7 Å². The highest BCUT2D eigenvalue weighted by atomic mass is 16.3. The van der Waals surface area contributed by atoms with Crippen molar-refractivity contribution in [3.63, 3.8) is 0 Å². The zero-order valence-corrected chi connectivity index (χ0v) is 17.1. The Morgan fingerprint density at radius 3 is 2.37 bits per heavy atom. The van der Waals surface area contributed by atoms with Crippen LogP contribution in [0.1, 0.15) is 46.0 Å². The first-order chi connectivity index (χ1) is 13.0. The van der Waals surface area contributed by atoms with E-state index in [1.807, 2.05) is 6.08 Å². The van der Waals surface area contributed by atoms with E-state index in [4.69, 9.17) is 0 Å². The summed E-state index contributed by atoms with van der Waals surface area (Å²) in [7, 11) is 2.19. The Morgan fingerprint density at radius 2 is 1.85 bits per heavy atom. The van der Waals surface area contributed by atoms with Gasteiger partial charge in [-0.25, -0.2) is 4.99 Å². The third kappa shape index (κ3) is 10.3. The largest absolute Gasteiger partial charge is 0.509 e. The Bertz CT molecular complexity index is 576. The maximum absolute atomic E-state index is 9.79. The van der Waals surface area contributed by atoms with Gasteiger partial charge in [0.05, 0.1) is 0 Å². The zero-order chi connectivity index (χ0) is 20.5. The Labute approximate surface area is 166 Å². The van der Waals surface area contributed by atoms with Crippen LogP contribution >= 0.6 is 0 Å².